The van der Waals surface area contributed by atoms with Crippen molar-refractivity contribution in [3.63, 3.8) is 0 Å². The van der Waals surface area contributed by atoms with E-state index in [0.29, 0.717) is 68.9 Å². The summed E-state index contributed by atoms with van der Waals surface area (Å²) >= 11 is 0. The molecule has 0 heterocycles. The summed E-state index contributed by atoms with van der Waals surface area (Å²) in [4.78, 5) is 26.5. The van der Waals surface area contributed by atoms with E-state index in [9.17, 15) is 49.5 Å². The van der Waals surface area contributed by atoms with E-state index in [4.69, 9.17) is 18.4 Å². The minimum atomic E-state index is -4.85. The minimum Gasteiger partial charge on any atom is -0.455 e. The molecule has 10 aliphatic rings. The number of alkyl halides is 6. The van der Waals surface area contributed by atoms with E-state index in [1.54, 1.807) is 0 Å². The van der Waals surface area contributed by atoms with Crippen molar-refractivity contribution in [1.29, 1.82) is 0 Å². The van der Waals surface area contributed by atoms with Gasteiger partial charge in [0.1, 0.15) is 22.3 Å². The number of aliphatic hydroxyl groups is 1. The fourth-order valence-electron chi connectivity index (χ4n) is 14.4. The van der Waals surface area contributed by atoms with E-state index in [0.717, 1.165) is 77.0 Å². The van der Waals surface area contributed by atoms with E-state index in [1.165, 1.54) is 25.7 Å². The summed E-state index contributed by atoms with van der Waals surface area (Å²) in [5.41, 5.74) is -6.55. The Kier molecular flexibility index (Phi) is 17.6. The van der Waals surface area contributed by atoms with Crippen LogP contribution < -0.4 is 0 Å². The van der Waals surface area contributed by atoms with Crippen molar-refractivity contribution in [1.82, 2.24) is 4.90 Å². The third kappa shape index (κ3) is 14.1. The Morgan fingerprint density at radius 2 is 0.985 bits per heavy atom. The lowest BCUT2D eigenvalue weighted by Crippen LogP contribution is -2.63. The van der Waals surface area contributed by atoms with Crippen molar-refractivity contribution < 1.29 is 67.8 Å². The van der Waals surface area contributed by atoms with Crippen molar-refractivity contribution in [2.45, 2.75) is 248 Å². The van der Waals surface area contributed by atoms with Gasteiger partial charge in [-0.25, -0.2) is 9.59 Å². The molecule has 0 aromatic rings. The molecule has 8 bridgehead atoms. The van der Waals surface area contributed by atoms with Crippen molar-refractivity contribution in [3.8, 4) is 0 Å². The number of esters is 2. The van der Waals surface area contributed by atoms with Crippen molar-refractivity contribution in [2.24, 2.45) is 23.7 Å². The summed E-state index contributed by atoms with van der Waals surface area (Å²) in [7, 11) is -3.72. The normalized spacial score (nSPS) is 33.9. The fourth-order valence-corrected chi connectivity index (χ4v) is 15.3. The van der Waals surface area contributed by atoms with Gasteiger partial charge in [0.25, 0.3) is 10.1 Å². The Morgan fingerprint density at radius 3 is 1.28 bits per heavy atom. The third-order valence-corrected chi connectivity index (χ3v) is 17.2. The van der Waals surface area contributed by atoms with Crippen LogP contribution in [-0.2, 0) is 38.1 Å². The van der Waals surface area contributed by atoms with Crippen LogP contribution in [0.4, 0.5) is 26.3 Å². The molecule has 10 rings (SSSR count). The summed E-state index contributed by atoms with van der Waals surface area (Å²) in [6.45, 7) is 22.2. The van der Waals surface area contributed by atoms with E-state index in [1.807, 2.05) is 0 Å². The summed E-state index contributed by atoms with van der Waals surface area (Å²) in [6, 6.07) is 1.38. The zero-order valence-corrected chi connectivity index (χ0v) is 42.8. The molecule has 4 atom stereocenters. The van der Waals surface area contributed by atoms with Crippen LogP contribution in [0.15, 0.2) is 24.3 Å². The standard InChI is InChI=1S/C21H29F3O3.C15H19F3O5S.C8H19N.C7H14O/c1-3-18(6-4-5-7-18)27-20-11-15-8-16(12-20)10-19(9-15,13-20)26-17(25)14(2)21(22,23)24;1-9(15(16,17)18)12(19)22-13-4-10-3-11(5-13)7-14(6-10,8-13)23-24(2,20)21;1-6-9(7(2)3)8(4)5;1-2-7(8)5-3-4-6-7/h15-16H,2-13H2,1H3;10-11H,1,3-8H2,2H3;7-8H,6H2,1-5H3;8H,2-6H2,1H3. The van der Waals surface area contributed by atoms with Gasteiger partial charge in [0, 0.05) is 24.9 Å². The molecule has 0 amide bonds. The van der Waals surface area contributed by atoms with Crippen molar-refractivity contribution in [2.75, 3.05) is 12.8 Å². The van der Waals surface area contributed by atoms with Crippen molar-refractivity contribution in [3.05, 3.63) is 24.3 Å². The van der Waals surface area contributed by atoms with E-state index >= 15 is 0 Å². The van der Waals surface area contributed by atoms with Gasteiger partial charge < -0.3 is 19.3 Å². The van der Waals surface area contributed by atoms with Gasteiger partial charge in [-0.05, 0) is 161 Å². The molecule has 0 aromatic carbocycles. The monoisotopic (exact) mass is 998 g/mol. The molecule has 68 heavy (non-hydrogen) atoms. The number of halogens is 6. The van der Waals surface area contributed by atoms with Gasteiger partial charge in [-0.3, -0.25) is 9.08 Å². The lowest BCUT2D eigenvalue weighted by Gasteiger charge is -2.62. The summed E-state index contributed by atoms with van der Waals surface area (Å²) < 4.78 is 123. The lowest BCUT2D eigenvalue weighted by molar-refractivity contribution is -0.265. The molecule has 0 spiro atoms. The van der Waals surface area contributed by atoms with Gasteiger partial charge in [-0.15, -0.1) is 0 Å². The van der Waals surface area contributed by atoms with Gasteiger partial charge in [-0.1, -0.05) is 59.6 Å². The molecule has 10 saturated carbocycles. The van der Waals surface area contributed by atoms with Crippen LogP contribution in [0, 0.1) is 23.7 Å². The smallest absolute Gasteiger partial charge is 0.422 e. The van der Waals surface area contributed by atoms with Gasteiger partial charge in [-0.2, -0.15) is 34.8 Å². The molecular weight excluding hydrogens is 917 g/mol. The molecule has 0 radical (unpaired) electrons. The Hall–Kier alpha value is -2.21. The first-order valence-corrected chi connectivity index (χ1v) is 27.2. The molecule has 0 aromatic heterocycles. The van der Waals surface area contributed by atoms with Crippen LogP contribution in [0.5, 0.6) is 0 Å². The summed E-state index contributed by atoms with van der Waals surface area (Å²) in [6.07, 6.45) is 9.93. The molecule has 4 unspecified atom stereocenters. The molecule has 10 aliphatic carbocycles. The van der Waals surface area contributed by atoms with Crippen LogP contribution in [0.3, 0.4) is 0 Å². The highest BCUT2D eigenvalue weighted by molar-refractivity contribution is 7.86. The van der Waals surface area contributed by atoms with Gasteiger partial charge in [0.2, 0.25) is 0 Å². The SMILES string of the molecule is C=C(C(=O)OC12CC3CC(C1)CC(OC1(CC)CCCC1)(C3)C2)C(F)(F)F.C=C(C(=O)OC12CC3CC(C1)CC(OS(C)(=O)=O)(C3)C2)C(F)(F)F.CCC1(O)CCCC1.CCN(C(C)C)C(C)C. The minimum absolute atomic E-state index is 0.0833. The highest BCUT2D eigenvalue weighted by Crippen LogP contribution is 2.63. The van der Waals surface area contributed by atoms with E-state index in [-0.39, 0.29) is 35.1 Å². The molecule has 0 saturated heterocycles. The predicted molar refractivity (Wildman–Crippen MR) is 248 cm³/mol. The number of hydrogen-bond acceptors (Lipinski definition) is 10. The predicted octanol–water partition coefficient (Wildman–Crippen LogP) is 12.0. The molecule has 0 aliphatic heterocycles. The highest BCUT2D eigenvalue weighted by Gasteiger charge is 2.64. The lowest BCUT2D eigenvalue weighted by atomic mass is 9.52. The number of rotatable bonds is 13. The molecule has 10 nitrogen and oxygen atoms in total. The zero-order valence-electron chi connectivity index (χ0n) is 42.0. The Bertz CT molecular complexity index is 1870. The number of hydrogen-bond donors (Lipinski definition) is 1. The first kappa shape index (κ1) is 56.7. The van der Waals surface area contributed by atoms with Gasteiger partial charge in [0.05, 0.1) is 28.7 Å². The molecule has 10 fully saturated rings. The number of carbonyl (C=O) groups excluding carboxylic acids is 2. The maximum Gasteiger partial charge on any atom is 0.422 e. The zero-order chi connectivity index (χ0) is 50.9. The topological polar surface area (TPSA) is 129 Å². The Labute approximate surface area is 402 Å². The number of ether oxygens (including phenoxy) is 3. The average Bonchev–Trinajstić information content (AvgIpc) is 3.84. The molecular formula is C51H81F6NO9S. The summed E-state index contributed by atoms with van der Waals surface area (Å²) in [5.74, 6) is -1.90. The van der Waals surface area contributed by atoms with Gasteiger partial charge >= 0.3 is 24.3 Å². The van der Waals surface area contributed by atoms with Crippen LogP contribution in [0.25, 0.3) is 0 Å². The van der Waals surface area contributed by atoms with Crippen molar-refractivity contribution >= 4 is 22.1 Å². The third-order valence-electron chi connectivity index (χ3n) is 16.5. The Morgan fingerprint density at radius 1 is 0.632 bits per heavy atom. The Balaban J connectivity index is 0.000000191. The maximum atomic E-state index is 12.9. The summed E-state index contributed by atoms with van der Waals surface area (Å²) in [5, 5.41) is 9.50. The number of carbonyl (C=O) groups is 2. The average molecular weight is 998 g/mol. The second-order valence-corrected chi connectivity index (χ2v) is 24.4. The van der Waals surface area contributed by atoms with Crippen LogP contribution >= 0.6 is 0 Å². The second-order valence-electron chi connectivity index (χ2n) is 22.8. The van der Waals surface area contributed by atoms with Gasteiger partial charge in [0.15, 0.2) is 0 Å². The van der Waals surface area contributed by atoms with Crippen LogP contribution in [-0.4, -0.2) is 101 Å². The first-order chi connectivity index (χ1) is 31.3. The quantitative estimate of drug-likeness (QED) is 0.0824. The highest BCUT2D eigenvalue weighted by atomic mass is 32.2. The number of nitrogens with zero attached hydrogens (tertiary/aromatic N) is 1. The van der Waals surface area contributed by atoms with E-state index < -0.39 is 62.4 Å². The first-order valence-electron chi connectivity index (χ1n) is 25.3. The molecule has 392 valence electrons. The second kappa shape index (κ2) is 21.1. The fraction of sp³-hybridized carbons (Fsp3) is 0.882. The molecule has 1 N–H and O–H groups in total. The largest absolute Gasteiger partial charge is 0.455 e. The van der Waals surface area contributed by atoms with E-state index in [2.05, 4.69) is 66.5 Å². The maximum absolute atomic E-state index is 12.9. The molecule has 17 heteroatoms. The van der Waals surface area contributed by atoms with Crippen LogP contribution in [0.2, 0.25) is 0 Å². The van der Waals surface area contributed by atoms with Crippen LogP contribution in [0.1, 0.15) is 190 Å².